The van der Waals surface area contributed by atoms with Crippen molar-refractivity contribution in [1.82, 2.24) is 5.43 Å². The topological polar surface area (TPSA) is 50.1 Å². The molecule has 0 saturated heterocycles. The number of nitrogens with two attached hydrogens (primary N) is 1. The molecule has 1 atom stereocenters. The fraction of sp³-hybridized carbons (Fsp3) is 0.400. The summed E-state index contributed by atoms with van der Waals surface area (Å²) >= 11 is 0. The van der Waals surface area contributed by atoms with Crippen LogP contribution in [0.25, 0.3) is 0 Å². The minimum atomic E-state index is 0.216. The first kappa shape index (κ1) is 8.53. The predicted octanol–water partition coefficient (Wildman–Crippen LogP) is 1.14. The zero-order valence-corrected chi connectivity index (χ0v) is 7.80. The molecule has 0 amide bonds. The first-order valence-electron chi connectivity index (χ1n) is 4.62. The van der Waals surface area contributed by atoms with Crippen LogP contribution in [0.1, 0.15) is 17.5 Å². The van der Waals surface area contributed by atoms with Gasteiger partial charge in [0, 0.05) is 5.69 Å². The zero-order valence-electron chi connectivity index (χ0n) is 7.80. The molecule has 1 aliphatic rings. The highest BCUT2D eigenvalue weighted by atomic mass is 15.3. The Morgan fingerprint density at radius 1 is 1.54 bits per heavy atom. The van der Waals surface area contributed by atoms with E-state index in [0.717, 1.165) is 12.8 Å². The summed E-state index contributed by atoms with van der Waals surface area (Å²) in [7, 11) is 0. The summed E-state index contributed by atoms with van der Waals surface area (Å²) in [6.45, 7) is 2.12. The smallest absolute Gasteiger partial charge is 0.0896 e. The van der Waals surface area contributed by atoms with Crippen molar-refractivity contribution in [3.05, 3.63) is 29.3 Å². The summed E-state index contributed by atoms with van der Waals surface area (Å²) in [5, 5.41) is 3.38. The second-order valence-electron chi connectivity index (χ2n) is 3.51. The standard InChI is InChI=1S/C10H15N3/c1-7-3-2-4-8-5-6-9(13-11)12-10(7)8/h2-4,9,12-13H,5-6,11H2,1H3. The van der Waals surface area contributed by atoms with Gasteiger partial charge in [-0.05, 0) is 30.9 Å². The number of para-hydroxylation sites is 1. The van der Waals surface area contributed by atoms with E-state index >= 15 is 0 Å². The van der Waals surface area contributed by atoms with Gasteiger partial charge in [-0.1, -0.05) is 18.2 Å². The molecule has 3 heteroatoms. The van der Waals surface area contributed by atoms with E-state index in [1.807, 2.05) is 0 Å². The number of hydrazine groups is 1. The fourth-order valence-corrected chi connectivity index (χ4v) is 1.81. The lowest BCUT2D eigenvalue weighted by Gasteiger charge is -2.27. The molecule has 0 fully saturated rings. The van der Waals surface area contributed by atoms with E-state index < -0.39 is 0 Å². The molecule has 0 aromatic heterocycles. The second kappa shape index (κ2) is 3.36. The molecule has 0 radical (unpaired) electrons. The maximum Gasteiger partial charge on any atom is 0.0896 e. The highest BCUT2D eigenvalue weighted by Crippen LogP contribution is 2.26. The van der Waals surface area contributed by atoms with E-state index in [1.54, 1.807) is 0 Å². The lowest BCUT2D eigenvalue weighted by molar-refractivity contribution is 0.529. The van der Waals surface area contributed by atoms with Crippen molar-refractivity contribution in [2.45, 2.75) is 25.9 Å². The van der Waals surface area contributed by atoms with Gasteiger partial charge in [-0.25, -0.2) is 5.43 Å². The van der Waals surface area contributed by atoms with Crippen molar-refractivity contribution in [3.8, 4) is 0 Å². The molecule has 3 nitrogen and oxygen atoms in total. The molecule has 1 heterocycles. The monoisotopic (exact) mass is 177 g/mol. The van der Waals surface area contributed by atoms with E-state index in [9.17, 15) is 0 Å². The number of rotatable bonds is 1. The molecular formula is C10H15N3. The molecule has 0 aliphatic carbocycles. The molecule has 70 valence electrons. The Morgan fingerprint density at radius 2 is 2.38 bits per heavy atom. The Labute approximate surface area is 78.3 Å². The van der Waals surface area contributed by atoms with Gasteiger partial charge in [0.2, 0.25) is 0 Å². The number of fused-ring (bicyclic) bond motifs is 1. The van der Waals surface area contributed by atoms with Crippen molar-refractivity contribution in [3.63, 3.8) is 0 Å². The van der Waals surface area contributed by atoms with Crippen LogP contribution >= 0.6 is 0 Å². The number of hydrogen-bond donors (Lipinski definition) is 3. The SMILES string of the molecule is Cc1cccc2c1NC(NN)CC2. The molecular weight excluding hydrogens is 162 g/mol. The summed E-state index contributed by atoms with van der Waals surface area (Å²) in [5.41, 5.74) is 6.69. The average Bonchev–Trinajstić information content (AvgIpc) is 2.18. The van der Waals surface area contributed by atoms with Crippen molar-refractivity contribution in [1.29, 1.82) is 0 Å². The van der Waals surface area contributed by atoms with Gasteiger partial charge in [0.05, 0.1) is 6.17 Å². The third-order valence-electron chi connectivity index (χ3n) is 2.58. The summed E-state index contributed by atoms with van der Waals surface area (Å²) in [6, 6.07) is 6.39. The van der Waals surface area contributed by atoms with Crippen LogP contribution in [-0.2, 0) is 6.42 Å². The van der Waals surface area contributed by atoms with Gasteiger partial charge in [-0.2, -0.15) is 0 Å². The van der Waals surface area contributed by atoms with E-state index in [4.69, 9.17) is 5.84 Å². The van der Waals surface area contributed by atoms with Crippen molar-refractivity contribution in [2.24, 2.45) is 5.84 Å². The quantitative estimate of drug-likeness (QED) is 0.445. The summed E-state index contributed by atoms with van der Waals surface area (Å²) in [6.07, 6.45) is 2.36. The number of aryl methyl sites for hydroxylation is 2. The molecule has 1 aromatic rings. The Hall–Kier alpha value is -1.06. The van der Waals surface area contributed by atoms with Crippen LogP contribution in [0.4, 0.5) is 5.69 Å². The van der Waals surface area contributed by atoms with Crippen LogP contribution in [0.3, 0.4) is 0 Å². The van der Waals surface area contributed by atoms with Crippen LogP contribution < -0.4 is 16.6 Å². The van der Waals surface area contributed by atoms with E-state index in [2.05, 4.69) is 35.9 Å². The molecule has 1 aromatic carbocycles. The third-order valence-corrected chi connectivity index (χ3v) is 2.58. The molecule has 0 saturated carbocycles. The lowest BCUT2D eigenvalue weighted by Crippen LogP contribution is -2.43. The number of benzene rings is 1. The van der Waals surface area contributed by atoms with Crippen molar-refractivity contribution < 1.29 is 0 Å². The maximum atomic E-state index is 5.40. The molecule has 13 heavy (non-hydrogen) atoms. The van der Waals surface area contributed by atoms with Gasteiger partial charge in [-0.3, -0.25) is 5.84 Å². The normalized spacial score (nSPS) is 20.6. The van der Waals surface area contributed by atoms with E-state index in [0.29, 0.717) is 0 Å². The van der Waals surface area contributed by atoms with Gasteiger partial charge < -0.3 is 5.32 Å². The number of anilines is 1. The van der Waals surface area contributed by atoms with Crippen LogP contribution in [0.15, 0.2) is 18.2 Å². The predicted molar refractivity (Wildman–Crippen MR) is 54.2 cm³/mol. The van der Waals surface area contributed by atoms with Gasteiger partial charge >= 0.3 is 0 Å². The fourth-order valence-electron chi connectivity index (χ4n) is 1.81. The highest BCUT2D eigenvalue weighted by molar-refractivity contribution is 5.59. The third kappa shape index (κ3) is 1.53. The van der Waals surface area contributed by atoms with Crippen LogP contribution in [0.2, 0.25) is 0 Å². The first-order chi connectivity index (χ1) is 6.31. The Morgan fingerprint density at radius 3 is 3.15 bits per heavy atom. The van der Waals surface area contributed by atoms with Gasteiger partial charge in [-0.15, -0.1) is 0 Å². The van der Waals surface area contributed by atoms with Crippen LogP contribution in [-0.4, -0.2) is 6.17 Å². The van der Waals surface area contributed by atoms with Gasteiger partial charge in [0.25, 0.3) is 0 Å². The van der Waals surface area contributed by atoms with Gasteiger partial charge in [0.15, 0.2) is 0 Å². The van der Waals surface area contributed by atoms with E-state index in [1.165, 1.54) is 16.8 Å². The van der Waals surface area contributed by atoms with Crippen molar-refractivity contribution >= 4 is 5.69 Å². The largest absolute Gasteiger partial charge is 0.368 e. The Balaban J connectivity index is 2.32. The Bertz CT molecular complexity index is 309. The molecule has 0 bridgehead atoms. The summed E-state index contributed by atoms with van der Waals surface area (Å²) < 4.78 is 0. The molecule has 0 spiro atoms. The highest BCUT2D eigenvalue weighted by Gasteiger charge is 2.16. The average molecular weight is 177 g/mol. The zero-order chi connectivity index (χ0) is 9.26. The first-order valence-corrected chi connectivity index (χ1v) is 4.62. The number of nitrogens with one attached hydrogen (secondary N) is 2. The Kier molecular flexibility index (Phi) is 2.20. The maximum absolute atomic E-state index is 5.40. The van der Waals surface area contributed by atoms with Crippen LogP contribution in [0.5, 0.6) is 0 Å². The minimum absolute atomic E-state index is 0.216. The molecule has 1 aliphatic heterocycles. The van der Waals surface area contributed by atoms with Gasteiger partial charge in [0.1, 0.15) is 0 Å². The van der Waals surface area contributed by atoms with E-state index in [-0.39, 0.29) is 6.17 Å². The number of hydrogen-bond acceptors (Lipinski definition) is 3. The lowest BCUT2D eigenvalue weighted by atomic mass is 9.99. The minimum Gasteiger partial charge on any atom is -0.368 e. The van der Waals surface area contributed by atoms with Crippen LogP contribution in [0, 0.1) is 6.92 Å². The summed E-state index contributed by atoms with van der Waals surface area (Å²) in [5.74, 6) is 5.40. The second-order valence-corrected chi connectivity index (χ2v) is 3.51. The summed E-state index contributed by atoms with van der Waals surface area (Å²) in [4.78, 5) is 0. The molecule has 1 unspecified atom stereocenters. The molecule has 2 rings (SSSR count). The molecule has 4 N–H and O–H groups in total. The van der Waals surface area contributed by atoms with Crippen molar-refractivity contribution in [2.75, 3.05) is 5.32 Å².